The van der Waals surface area contributed by atoms with Gasteiger partial charge < -0.3 is 9.88 Å². The molecule has 0 radical (unpaired) electrons. The van der Waals surface area contributed by atoms with Crippen LogP contribution in [0.3, 0.4) is 0 Å². The van der Waals surface area contributed by atoms with E-state index in [0.29, 0.717) is 17.9 Å². The number of anilines is 1. The average Bonchev–Trinajstić information content (AvgIpc) is 2.72. The van der Waals surface area contributed by atoms with Crippen LogP contribution in [0.25, 0.3) is 0 Å². The molecule has 1 aliphatic heterocycles. The van der Waals surface area contributed by atoms with Crippen LogP contribution in [0.4, 0.5) is 5.82 Å². The van der Waals surface area contributed by atoms with Gasteiger partial charge in [0.05, 0.1) is 18.7 Å². The highest BCUT2D eigenvalue weighted by molar-refractivity contribution is 6.04. The van der Waals surface area contributed by atoms with Crippen molar-refractivity contribution in [1.29, 1.82) is 5.26 Å². The number of carbonyl (C=O) groups excluding carboxylic acids is 1. The minimum atomic E-state index is -0.00164. The number of imidazole rings is 1. The van der Waals surface area contributed by atoms with Crippen LogP contribution in [0.2, 0.25) is 0 Å². The van der Waals surface area contributed by atoms with Gasteiger partial charge in [-0.05, 0) is 12.8 Å². The van der Waals surface area contributed by atoms with Crippen molar-refractivity contribution in [3.05, 3.63) is 12.0 Å². The Kier molecular flexibility index (Phi) is 4.67. The summed E-state index contributed by atoms with van der Waals surface area (Å²) in [5.41, 5.74) is 0.620. The van der Waals surface area contributed by atoms with E-state index in [2.05, 4.69) is 21.4 Å². The third-order valence-corrected chi connectivity index (χ3v) is 3.07. The van der Waals surface area contributed by atoms with E-state index in [1.807, 2.05) is 4.57 Å². The number of aliphatic imine (C=N–C) groups is 1. The number of Topliss-reactive ketones (excluding diaryl/α,β-unsaturated/α-hetero) is 1. The van der Waals surface area contributed by atoms with Crippen molar-refractivity contribution in [3.8, 4) is 6.07 Å². The van der Waals surface area contributed by atoms with Gasteiger partial charge in [0.1, 0.15) is 12.2 Å². The van der Waals surface area contributed by atoms with E-state index in [9.17, 15) is 4.79 Å². The predicted octanol–water partition coefficient (Wildman–Crippen LogP) is 1.99. The molecular weight excluding hydrogens is 242 g/mol. The van der Waals surface area contributed by atoms with E-state index in [1.165, 1.54) is 6.34 Å². The van der Waals surface area contributed by atoms with Crippen LogP contribution in [0.1, 0.15) is 42.6 Å². The predicted molar refractivity (Wildman–Crippen MR) is 72.2 cm³/mol. The summed E-state index contributed by atoms with van der Waals surface area (Å²) in [6, 6.07) is 2.14. The second-order valence-electron chi connectivity index (χ2n) is 4.49. The molecule has 0 bridgehead atoms. The van der Waals surface area contributed by atoms with Crippen LogP contribution in [0.5, 0.6) is 0 Å². The molecule has 2 rings (SSSR count). The molecular formula is C13H17N5O. The summed E-state index contributed by atoms with van der Waals surface area (Å²) < 4.78 is 1.89. The summed E-state index contributed by atoms with van der Waals surface area (Å²) in [4.78, 5) is 20.0. The molecule has 0 atom stereocenters. The lowest BCUT2D eigenvalue weighted by Crippen LogP contribution is -2.11. The Morgan fingerprint density at radius 2 is 2.21 bits per heavy atom. The van der Waals surface area contributed by atoms with Crippen LogP contribution in [-0.2, 0) is 6.54 Å². The molecule has 0 saturated carbocycles. The number of rotatable bonds is 6. The maximum absolute atomic E-state index is 11.9. The number of nitrogens with zero attached hydrogens (tertiary/aromatic N) is 4. The van der Waals surface area contributed by atoms with Gasteiger partial charge in [-0.1, -0.05) is 12.8 Å². The molecule has 1 aliphatic rings. The highest BCUT2D eigenvalue weighted by atomic mass is 16.1. The summed E-state index contributed by atoms with van der Waals surface area (Å²) in [5, 5.41) is 11.4. The third kappa shape index (κ3) is 3.41. The molecule has 1 N–H and O–H groups in total. The van der Waals surface area contributed by atoms with Crippen LogP contribution < -0.4 is 5.32 Å². The number of unbranched alkanes of at least 4 members (excludes halogenated alkanes) is 4. The molecule has 0 amide bonds. The Morgan fingerprint density at radius 3 is 3.05 bits per heavy atom. The highest BCUT2D eigenvalue weighted by Gasteiger charge is 2.19. The fourth-order valence-electron chi connectivity index (χ4n) is 2.10. The van der Waals surface area contributed by atoms with Crippen LogP contribution in [-0.4, -0.2) is 28.2 Å². The smallest absolute Gasteiger partial charge is 0.204 e. The lowest BCUT2D eigenvalue weighted by molar-refractivity contribution is 0.0994. The van der Waals surface area contributed by atoms with E-state index in [-0.39, 0.29) is 12.3 Å². The van der Waals surface area contributed by atoms with Gasteiger partial charge >= 0.3 is 0 Å². The molecule has 0 aliphatic carbocycles. The SMILES string of the molecule is N#CCCCCCCn1cnc2c1C(=O)CN=CN2. The van der Waals surface area contributed by atoms with Crippen LogP contribution in [0.15, 0.2) is 11.3 Å². The minimum absolute atomic E-state index is 0.00164. The maximum atomic E-state index is 11.9. The van der Waals surface area contributed by atoms with Gasteiger partial charge in [-0.3, -0.25) is 9.79 Å². The zero-order chi connectivity index (χ0) is 13.5. The molecule has 6 nitrogen and oxygen atoms in total. The zero-order valence-electron chi connectivity index (χ0n) is 10.8. The first-order chi connectivity index (χ1) is 9.33. The number of aromatic nitrogens is 2. The summed E-state index contributed by atoms with van der Waals surface area (Å²) >= 11 is 0. The number of ketones is 1. The zero-order valence-corrected chi connectivity index (χ0v) is 10.8. The number of nitrogens with one attached hydrogen (secondary N) is 1. The average molecular weight is 259 g/mol. The molecule has 0 unspecified atom stereocenters. The summed E-state index contributed by atoms with van der Waals surface area (Å²) in [7, 11) is 0. The normalized spacial score (nSPS) is 13.5. The standard InChI is InChI=1S/C13H17N5O/c14-6-4-2-1-3-5-7-18-10-17-13-12(18)11(19)8-15-9-16-13/h9-10H,1-5,7-8H2,(H,15,16). The largest absolute Gasteiger partial charge is 0.330 e. The molecule has 6 heteroatoms. The van der Waals surface area contributed by atoms with Crippen LogP contribution >= 0.6 is 0 Å². The molecule has 0 aromatic carbocycles. The molecule has 0 fully saturated rings. The second-order valence-corrected chi connectivity index (χ2v) is 4.49. The molecule has 1 aromatic heterocycles. The summed E-state index contributed by atoms with van der Waals surface area (Å²) in [6.45, 7) is 0.955. The van der Waals surface area contributed by atoms with Crippen molar-refractivity contribution >= 4 is 17.9 Å². The maximum Gasteiger partial charge on any atom is 0.204 e. The summed E-state index contributed by atoms with van der Waals surface area (Å²) in [6.07, 6.45) is 7.90. The van der Waals surface area contributed by atoms with Crippen molar-refractivity contribution in [2.24, 2.45) is 4.99 Å². The lowest BCUT2D eigenvalue weighted by Gasteiger charge is -2.06. The number of hydrogen-bond acceptors (Lipinski definition) is 5. The number of carbonyl (C=O) groups is 1. The van der Waals surface area contributed by atoms with E-state index >= 15 is 0 Å². The Morgan fingerprint density at radius 1 is 1.37 bits per heavy atom. The Bertz CT molecular complexity index is 512. The van der Waals surface area contributed by atoms with E-state index in [0.717, 1.165) is 32.2 Å². The van der Waals surface area contributed by atoms with E-state index in [4.69, 9.17) is 5.26 Å². The highest BCUT2D eigenvalue weighted by Crippen LogP contribution is 2.17. The molecule has 0 spiro atoms. The van der Waals surface area contributed by atoms with Crippen LogP contribution in [0, 0.1) is 11.3 Å². The first-order valence-corrected chi connectivity index (χ1v) is 6.53. The van der Waals surface area contributed by atoms with Crippen molar-refractivity contribution in [2.45, 2.75) is 38.6 Å². The van der Waals surface area contributed by atoms with Crippen molar-refractivity contribution in [2.75, 3.05) is 11.9 Å². The van der Waals surface area contributed by atoms with Crippen molar-refractivity contribution in [1.82, 2.24) is 9.55 Å². The Hall–Kier alpha value is -2.16. The first kappa shape index (κ1) is 13.3. The fourth-order valence-corrected chi connectivity index (χ4v) is 2.10. The van der Waals surface area contributed by atoms with Gasteiger partial charge in [-0.2, -0.15) is 5.26 Å². The van der Waals surface area contributed by atoms with E-state index in [1.54, 1.807) is 6.33 Å². The Labute approximate surface area is 112 Å². The minimum Gasteiger partial charge on any atom is -0.330 e. The second kappa shape index (κ2) is 6.69. The molecule has 100 valence electrons. The van der Waals surface area contributed by atoms with Gasteiger partial charge in [0.2, 0.25) is 5.78 Å². The fraction of sp³-hybridized carbons (Fsp3) is 0.538. The molecule has 19 heavy (non-hydrogen) atoms. The first-order valence-electron chi connectivity index (χ1n) is 6.53. The van der Waals surface area contributed by atoms with Crippen molar-refractivity contribution in [3.63, 3.8) is 0 Å². The van der Waals surface area contributed by atoms with Gasteiger partial charge in [0.15, 0.2) is 5.82 Å². The number of fused-ring (bicyclic) bond motifs is 1. The molecule has 2 heterocycles. The van der Waals surface area contributed by atoms with Gasteiger partial charge in [-0.15, -0.1) is 0 Å². The van der Waals surface area contributed by atoms with Gasteiger partial charge in [0, 0.05) is 13.0 Å². The van der Waals surface area contributed by atoms with Gasteiger partial charge in [-0.25, -0.2) is 4.98 Å². The summed E-state index contributed by atoms with van der Waals surface area (Å²) in [5.74, 6) is 0.592. The van der Waals surface area contributed by atoms with E-state index < -0.39 is 0 Å². The topological polar surface area (TPSA) is 83.1 Å². The molecule has 0 saturated heterocycles. The van der Waals surface area contributed by atoms with Gasteiger partial charge in [0.25, 0.3) is 0 Å². The monoisotopic (exact) mass is 259 g/mol. The lowest BCUT2D eigenvalue weighted by atomic mass is 10.1. The quantitative estimate of drug-likeness (QED) is 0.792. The third-order valence-electron chi connectivity index (χ3n) is 3.07. The number of aryl methyl sites for hydroxylation is 1. The Balaban J connectivity index is 1.87. The molecule has 1 aromatic rings. The number of hydrogen-bond donors (Lipinski definition) is 1. The van der Waals surface area contributed by atoms with Crippen molar-refractivity contribution < 1.29 is 4.79 Å². The number of nitriles is 1.